The van der Waals surface area contributed by atoms with E-state index >= 15 is 0 Å². The van der Waals surface area contributed by atoms with Crippen LogP contribution in [0.2, 0.25) is 0 Å². The fourth-order valence-corrected chi connectivity index (χ4v) is 3.77. The molecule has 4 aromatic rings. The molecule has 0 saturated carbocycles. The van der Waals surface area contributed by atoms with Gasteiger partial charge in [0.15, 0.2) is 11.0 Å². The van der Waals surface area contributed by atoms with Crippen molar-refractivity contribution >= 4 is 38.3 Å². The van der Waals surface area contributed by atoms with Crippen LogP contribution in [0.15, 0.2) is 71.5 Å². The Morgan fingerprint density at radius 3 is 2.32 bits per heavy atom. The Kier molecular flexibility index (Phi) is 5.27. The highest BCUT2D eigenvalue weighted by Gasteiger charge is 2.14. The molecule has 1 N–H and O–H groups in total. The number of carbonyl (C=O) groups is 1. The molecule has 138 valence electrons. The summed E-state index contributed by atoms with van der Waals surface area (Å²) in [6.45, 7) is 1.99. The van der Waals surface area contributed by atoms with E-state index in [-0.39, 0.29) is 5.91 Å². The number of carbonyl (C=O) groups excluding carboxylic acids is 1. The maximum Gasteiger partial charge on any atom is 0.260 e. The van der Waals surface area contributed by atoms with Crippen molar-refractivity contribution in [3.05, 3.63) is 81.9 Å². The van der Waals surface area contributed by atoms with Gasteiger partial charge in [0.05, 0.1) is 11.3 Å². The molecule has 28 heavy (non-hydrogen) atoms. The molecule has 0 spiro atoms. The average Bonchev–Trinajstić information content (AvgIpc) is 3.09. The number of thiazole rings is 1. The van der Waals surface area contributed by atoms with Gasteiger partial charge in [-0.05, 0) is 19.1 Å². The first-order valence-corrected chi connectivity index (χ1v) is 10.1. The summed E-state index contributed by atoms with van der Waals surface area (Å²) in [5.41, 5.74) is 3.17. The fourth-order valence-electron chi connectivity index (χ4n) is 2.68. The van der Waals surface area contributed by atoms with Crippen molar-refractivity contribution in [2.24, 2.45) is 0 Å². The van der Waals surface area contributed by atoms with Crippen molar-refractivity contribution < 1.29 is 4.79 Å². The van der Waals surface area contributed by atoms with Gasteiger partial charge < -0.3 is 0 Å². The van der Waals surface area contributed by atoms with Gasteiger partial charge in [-0.15, -0.1) is 11.3 Å². The molecular formula is C21H15BrN4OS. The van der Waals surface area contributed by atoms with Crippen LogP contribution in [0.25, 0.3) is 22.6 Å². The molecule has 0 unspecified atom stereocenters. The largest absolute Gasteiger partial charge is 0.298 e. The molecule has 2 aromatic carbocycles. The second-order valence-electron chi connectivity index (χ2n) is 6.05. The minimum atomic E-state index is -0.282. The Labute approximate surface area is 174 Å². The third-order valence-corrected chi connectivity index (χ3v) is 5.50. The first-order valence-electron chi connectivity index (χ1n) is 8.52. The molecule has 0 aliphatic carbocycles. The van der Waals surface area contributed by atoms with E-state index in [9.17, 15) is 4.79 Å². The van der Waals surface area contributed by atoms with Crippen LogP contribution in [-0.4, -0.2) is 20.9 Å². The smallest absolute Gasteiger partial charge is 0.260 e. The SMILES string of the molecule is Cc1sc(NC(=O)c2cnc(-c3ccccc3)nc2)nc1-c1ccc(Br)cc1. The number of benzene rings is 2. The van der Waals surface area contributed by atoms with Crippen LogP contribution in [-0.2, 0) is 0 Å². The fraction of sp³-hybridized carbons (Fsp3) is 0.0476. The van der Waals surface area contributed by atoms with Gasteiger partial charge in [0.25, 0.3) is 5.91 Å². The molecule has 0 aliphatic rings. The molecule has 0 saturated heterocycles. The maximum absolute atomic E-state index is 12.5. The third kappa shape index (κ3) is 4.00. The number of halogens is 1. The van der Waals surface area contributed by atoms with Gasteiger partial charge in [0, 0.05) is 32.9 Å². The Morgan fingerprint density at radius 2 is 1.64 bits per heavy atom. The highest BCUT2D eigenvalue weighted by molar-refractivity contribution is 9.10. The maximum atomic E-state index is 12.5. The molecule has 0 aliphatic heterocycles. The molecule has 1 amide bonds. The number of amides is 1. The minimum Gasteiger partial charge on any atom is -0.298 e. The summed E-state index contributed by atoms with van der Waals surface area (Å²) < 4.78 is 1.01. The Balaban J connectivity index is 1.51. The van der Waals surface area contributed by atoms with E-state index in [0.29, 0.717) is 16.5 Å². The van der Waals surface area contributed by atoms with E-state index in [1.54, 1.807) is 0 Å². The summed E-state index contributed by atoms with van der Waals surface area (Å²) >= 11 is 4.87. The lowest BCUT2D eigenvalue weighted by Gasteiger charge is -2.03. The van der Waals surface area contributed by atoms with Gasteiger partial charge in [0.2, 0.25) is 0 Å². The quantitative estimate of drug-likeness (QED) is 0.439. The van der Waals surface area contributed by atoms with Gasteiger partial charge in [-0.25, -0.2) is 15.0 Å². The van der Waals surface area contributed by atoms with Crippen LogP contribution in [0.3, 0.4) is 0 Å². The second-order valence-corrected chi connectivity index (χ2v) is 8.17. The molecular weight excluding hydrogens is 436 g/mol. The van der Waals surface area contributed by atoms with Gasteiger partial charge >= 0.3 is 0 Å². The van der Waals surface area contributed by atoms with Crippen LogP contribution in [0.5, 0.6) is 0 Å². The van der Waals surface area contributed by atoms with E-state index in [1.165, 1.54) is 23.7 Å². The first kappa shape index (κ1) is 18.5. The minimum absolute atomic E-state index is 0.282. The molecule has 0 fully saturated rings. The van der Waals surface area contributed by atoms with Gasteiger partial charge in [-0.1, -0.05) is 58.4 Å². The monoisotopic (exact) mass is 450 g/mol. The lowest BCUT2D eigenvalue weighted by Crippen LogP contribution is -2.12. The number of hydrogen-bond donors (Lipinski definition) is 1. The van der Waals surface area contributed by atoms with Crippen LogP contribution < -0.4 is 5.32 Å². The molecule has 0 atom stereocenters. The average molecular weight is 451 g/mol. The van der Waals surface area contributed by atoms with E-state index in [2.05, 4.69) is 36.2 Å². The van der Waals surface area contributed by atoms with Crippen LogP contribution in [0, 0.1) is 6.92 Å². The first-order chi connectivity index (χ1) is 13.6. The summed E-state index contributed by atoms with van der Waals surface area (Å²) in [5.74, 6) is 0.301. The topological polar surface area (TPSA) is 67.8 Å². The lowest BCUT2D eigenvalue weighted by molar-refractivity contribution is 0.102. The zero-order valence-electron chi connectivity index (χ0n) is 14.9. The van der Waals surface area contributed by atoms with Crippen molar-refractivity contribution in [1.82, 2.24) is 15.0 Å². The van der Waals surface area contributed by atoms with Crippen LogP contribution in [0.1, 0.15) is 15.2 Å². The molecule has 4 rings (SSSR count). The molecule has 0 bridgehead atoms. The highest BCUT2D eigenvalue weighted by Crippen LogP contribution is 2.31. The zero-order valence-corrected chi connectivity index (χ0v) is 17.3. The predicted octanol–water partition coefficient (Wildman–Crippen LogP) is 5.59. The summed E-state index contributed by atoms with van der Waals surface area (Å²) in [6.07, 6.45) is 3.06. The molecule has 2 heterocycles. The van der Waals surface area contributed by atoms with Crippen LogP contribution in [0.4, 0.5) is 5.13 Å². The van der Waals surface area contributed by atoms with Gasteiger partial charge in [-0.3, -0.25) is 10.1 Å². The van der Waals surface area contributed by atoms with Gasteiger partial charge in [-0.2, -0.15) is 0 Å². The van der Waals surface area contributed by atoms with Crippen molar-refractivity contribution in [3.8, 4) is 22.6 Å². The lowest BCUT2D eigenvalue weighted by atomic mass is 10.1. The Morgan fingerprint density at radius 1 is 0.964 bits per heavy atom. The summed E-state index contributed by atoms with van der Waals surface area (Å²) in [5, 5.41) is 3.39. The molecule has 5 nitrogen and oxygen atoms in total. The van der Waals surface area contributed by atoms with Crippen molar-refractivity contribution in [1.29, 1.82) is 0 Å². The number of rotatable bonds is 4. The van der Waals surface area contributed by atoms with Crippen molar-refractivity contribution in [2.45, 2.75) is 6.92 Å². The summed E-state index contributed by atoms with van der Waals surface area (Å²) in [7, 11) is 0. The number of nitrogens with zero attached hydrogens (tertiary/aromatic N) is 3. The van der Waals surface area contributed by atoms with Gasteiger partial charge in [0.1, 0.15) is 0 Å². The van der Waals surface area contributed by atoms with Crippen molar-refractivity contribution in [3.63, 3.8) is 0 Å². The number of aromatic nitrogens is 3. The van der Waals surface area contributed by atoms with Crippen molar-refractivity contribution in [2.75, 3.05) is 5.32 Å². The summed E-state index contributed by atoms with van der Waals surface area (Å²) in [4.78, 5) is 26.7. The van der Waals surface area contributed by atoms with E-state index in [4.69, 9.17) is 0 Å². The number of hydrogen-bond acceptors (Lipinski definition) is 5. The normalized spacial score (nSPS) is 10.6. The molecule has 2 aromatic heterocycles. The highest BCUT2D eigenvalue weighted by atomic mass is 79.9. The number of aryl methyl sites for hydroxylation is 1. The third-order valence-electron chi connectivity index (χ3n) is 4.08. The standard InChI is InChI=1S/C21H15BrN4OS/c1-13-18(14-7-9-17(22)10-8-14)25-21(28-13)26-20(27)16-11-23-19(24-12-16)15-5-3-2-4-6-15/h2-12H,1H3,(H,25,26,27). The molecule has 7 heteroatoms. The van der Waals surface area contributed by atoms with E-state index in [1.807, 2.05) is 61.5 Å². The van der Waals surface area contributed by atoms with Crippen LogP contribution >= 0.6 is 27.3 Å². The predicted molar refractivity (Wildman–Crippen MR) is 115 cm³/mol. The van der Waals surface area contributed by atoms with E-state index in [0.717, 1.165) is 26.2 Å². The Hall–Kier alpha value is -2.90. The second kappa shape index (κ2) is 8.00. The van der Waals surface area contributed by atoms with E-state index < -0.39 is 0 Å². The number of nitrogens with one attached hydrogen (secondary N) is 1. The zero-order chi connectivity index (χ0) is 19.5. The Bertz CT molecular complexity index is 1110. The summed E-state index contributed by atoms with van der Waals surface area (Å²) in [6, 6.07) is 17.6. The number of anilines is 1. The molecule has 0 radical (unpaired) electrons.